The molecule has 0 atom stereocenters. The zero-order chi connectivity index (χ0) is 21.1. The zero-order valence-electron chi connectivity index (χ0n) is 17.5. The molecule has 1 aromatic heterocycles. The Kier molecular flexibility index (Phi) is 5.53. The summed E-state index contributed by atoms with van der Waals surface area (Å²) in [5.74, 6) is 0.796. The number of amides is 1. The summed E-state index contributed by atoms with van der Waals surface area (Å²) in [6, 6.07) is 20.0. The first kappa shape index (κ1) is 19.7. The Morgan fingerprint density at radius 1 is 1.00 bits per heavy atom. The van der Waals surface area contributed by atoms with Gasteiger partial charge in [-0.05, 0) is 86.0 Å². The van der Waals surface area contributed by atoms with Gasteiger partial charge in [0.05, 0.1) is 17.8 Å². The standard InChI is InChI=1S/C25H25N3O2/c1-4-26-25(29)19-7-6-16(3)22(14-19)18-10-13-21-23(15-18)27-28-24(21)17-8-11-20(12-9-17)30-5-2/h6-15H,4-5H2,1-3H3,(H,26,29)(H,27,28). The van der Waals surface area contributed by atoms with Crippen LogP contribution in [-0.4, -0.2) is 29.3 Å². The molecule has 0 aliphatic rings. The molecule has 2 N–H and O–H groups in total. The summed E-state index contributed by atoms with van der Waals surface area (Å²) in [5, 5.41) is 11.6. The monoisotopic (exact) mass is 399 g/mol. The summed E-state index contributed by atoms with van der Waals surface area (Å²) >= 11 is 0. The van der Waals surface area contributed by atoms with E-state index in [0.29, 0.717) is 18.7 Å². The lowest BCUT2D eigenvalue weighted by atomic mass is 9.96. The average Bonchev–Trinajstić information content (AvgIpc) is 3.18. The van der Waals surface area contributed by atoms with Crippen molar-refractivity contribution in [2.45, 2.75) is 20.8 Å². The lowest BCUT2D eigenvalue weighted by Crippen LogP contribution is -2.22. The number of hydrogen-bond donors (Lipinski definition) is 2. The van der Waals surface area contributed by atoms with Crippen molar-refractivity contribution >= 4 is 16.8 Å². The van der Waals surface area contributed by atoms with Gasteiger partial charge in [-0.2, -0.15) is 5.10 Å². The third-order valence-corrected chi connectivity index (χ3v) is 5.15. The first-order valence-corrected chi connectivity index (χ1v) is 10.2. The summed E-state index contributed by atoms with van der Waals surface area (Å²) in [6.07, 6.45) is 0. The topological polar surface area (TPSA) is 67.0 Å². The summed E-state index contributed by atoms with van der Waals surface area (Å²) in [7, 11) is 0. The van der Waals surface area contributed by atoms with Crippen molar-refractivity contribution in [3.63, 3.8) is 0 Å². The molecule has 1 amide bonds. The Balaban J connectivity index is 1.70. The maximum absolute atomic E-state index is 12.2. The Bertz CT molecular complexity index is 1190. The Morgan fingerprint density at radius 3 is 2.50 bits per heavy atom. The van der Waals surface area contributed by atoms with Crippen LogP contribution in [0.1, 0.15) is 29.8 Å². The summed E-state index contributed by atoms with van der Waals surface area (Å²) in [5.41, 5.74) is 6.77. The zero-order valence-corrected chi connectivity index (χ0v) is 17.5. The molecule has 0 saturated heterocycles. The number of hydrogen-bond acceptors (Lipinski definition) is 3. The minimum absolute atomic E-state index is 0.0563. The fourth-order valence-corrected chi connectivity index (χ4v) is 3.62. The third-order valence-electron chi connectivity index (χ3n) is 5.15. The minimum Gasteiger partial charge on any atom is -0.494 e. The first-order valence-electron chi connectivity index (χ1n) is 10.2. The number of rotatable bonds is 6. The molecule has 1 heterocycles. The van der Waals surface area contributed by atoms with Crippen LogP contribution in [0.3, 0.4) is 0 Å². The number of H-pyrrole nitrogens is 1. The van der Waals surface area contributed by atoms with Crippen LogP contribution in [0.15, 0.2) is 60.7 Å². The molecule has 4 aromatic rings. The maximum Gasteiger partial charge on any atom is 0.251 e. The van der Waals surface area contributed by atoms with Crippen molar-refractivity contribution < 1.29 is 9.53 Å². The van der Waals surface area contributed by atoms with Crippen LogP contribution in [0.2, 0.25) is 0 Å². The molecule has 5 heteroatoms. The van der Waals surface area contributed by atoms with Crippen molar-refractivity contribution in [2.24, 2.45) is 0 Å². The number of nitrogens with one attached hydrogen (secondary N) is 2. The van der Waals surface area contributed by atoms with E-state index in [4.69, 9.17) is 4.74 Å². The molecule has 0 saturated carbocycles. The number of aryl methyl sites for hydroxylation is 1. The predicted molar refractivity (Wildman–Crippen MR) is 121 cm³/mol. The van der Waals surface area contributed by atoms with Gasteiger partial charge in [0.25, 0.3) is 5.91 Å². The van der Waals surface area contributed by atoms with E-state index in [1.165, 1.54) is 0 Å². The minimum atomic E-state index is -0.0563. The molecule has 0 aliphatic heterocycles. The summed E-state index contributed by atoms with van der Waals surface area (Å²) in [6.45, 7) is 7.20. The highest BCUT2D eigenvalue weighted by Crippen LogP contribution is 2.32. The maximum atomic E-state index is 12.2. The lowest BCUT2D eigenvalue weighted by molar-refractivity contribution is 0.0956. The van der Waals surface area contributed by atoms with Crippen molar-refractivity contribution in [3.05, 3.63) is 71.8 Å². The Labute approximate surface area is 176 Å². The number of fused-ring (bicyclic) bond motifs is 1. The van der Waals surface area contributed by atoms with E-state index >= 15 is 0 Å². The van der Waals surface area contributed by atoms with Crippen LogP contribution >= 0.6 is 0 Å². The van der Waals surface area contributed by atoms with Crippen molar-refractivity contribution in [3.8, 4) is 28.1 Å². The van der Waals surface area contributed by atoms with E-state index in [1.807, 2.05) is 56.3 Å². The Morgan fingerprint density at radius 2 is 1.77 bits per heavy atom. The number of nitrogens with zero attached hydrogens (tertiary/aromatic N) is 1. The number of benzene rings is 3. The first-order chi connectivity index (χ1) is 14.6. The highest BCUT2D eigenvalue weighted by molar-refractivity contribution is 5.98. The van der Waals surface area contributed by atoms with E-state index in [1.54, 1.807) is 0 Å². The molecular weight excluding hydrogens is 374 g/mol. The van der Waals surface area contributed by atoms with Crippen molar-refractivity contribution in [1.82, 2.24) is 15.5 Å². The number of ether oxygens (including phenoxy) is 1. The molecular formula is C25H25N3O2. The molecule has 0 fully saturated rings. The van der Waals surface area contributed by atoms with Gasteiger partial charge in [-0.1, -0.05) is 12.1 Å². The average molecular weight is 399 g/mol. The van der Waals surface area contributed by atoms with Crippen LogP contribution < -0.4 is 10.1 Å². The third kappa shape index (κ3) is 3.79. The molecule has 30 heavy (non-hydrogen) atoms. The second kappa shape index (κ2) is 8.41. The molecule has 152 valence electrons. The predicted octanol–water partition coefficient (Wildman–Crippen LogP) is 5.35. The van der Waals surface area contributed by atoms with Gasteiger partial charge >= 0.3 is 0 Å². The van der Waals surface area contributed by atoms with Gasteiger partial charge in [0.2, 0.25) is 0 Å². The van der Waals surface area contributed by atoms with E-state index in [-0.39, 0.29) is 5.91 Å². The van der Waals surface area contributed by atoms with Gasteiger partial charge in [-0.15, -0.1) is 0 Å². The van der Waals surface area contributed by atoms with Crippen LogP contribution in [0.5, 0.6) is 5.75 Å². The molecule has 0 aliphatic carbocycles. The van der Waals surface area contributed by atoms with Gasteiger partial charge in [0.15, 0.2) is 0 Å². The highest BCUT2D eigenvalue weighted by Gasteiger charge is 2.12. The highest BCUT2D eigenvalue weighted by atomic mass is 16.5. The van der Waals surface area contributed by atoms with Gasteiger partial charge < -0.3 is 10.1 Å². The van der Waals surface area contributed by atoms with Crippen molar-refractivity contribution in [2.75, 3.05) is 13.2 Å². The smallest absolute Gasteiger partial charge is 0.251 e. The van der Waals surface area contributed by atoms with Gasteiger partial charge in [0.1, 0.15) is 5.75 Å². The SMILES string of the molecule is CCNC(=O)c1ccc(C)c(-c2ccc3c(-c4ccc(OCC)cc4)n[nH]c3c2)c1. The second-order valence-corrected chi connectivity index (χ2v) is 7.18. The van der Waals surface area contributed by atoms with E-state index in [0.717, 1.165) is 44.6 Å². The molecule has 0 unspecified atom stereocenters. The normalized spacial score (nSPS) is 10.9. The van der Waals surface area contributed by atoms with Crippen LogP contribution in [0, 0.1) is 6.92 Å². The van der Waals surface area contributed by atoms with E-state index < -0.39 is 0 Å². The van der Waals surface area contributed by atoms with Gasteiger partial charge in [-0.3, -0.25) is 9.89 Å². The summed E-state index contributed by atoms with van der Waals surface area (Å²) in [4.78, 5) is 12.2. The molecule has 0 radical (unpaired) electrons. The number of carbonyl (C=O) groups is 1. The van der Waals surface area contributed by atoms with E-state index in [9.17, 15) is 4.79 Å². The number of carbonyl (C=O) groups excluding carboxylic acids is 1. The largest absolute Gasteiger partial charge is 0.494 e. The van der Waals surface area contributed by atoms with Crippen LogP contribution in [-0.2, 0) is 0 Å². The molecule has 0 bridgehead atoms. The molecule has 3 aromatic carbocycles. The molecule has 0 spiro atoms. The molecule has 4 rings (SSSR count). The number of aromatic nitrogens is 2. The Hall–Kier alpha value is -3.60. The summed E-state index contributed by atoms with van der Waals surface area (Å²) < 4.78 is 5.53. The number of aromatic amines is 1. The second-order valence-electron chi connectivity index (χ2n) is 7.18. The van der Waals surface area contributed by atoms with Crippen molar-refractivity contribution in [1.29, 1.82) is 0 Å². The van der Waals surface area contributed by atoms with Gasteiger partial charge in [0, 0.05) is 23.1 Å². The quantitative estimate of drug-likeness (QED) is 0.459. The fraction of sp³-hybridized carbons (Fsp3) is 0.200. The van der Waals surface area contributed by atoms with E-state index in [2.05, 4.69) is 40.6 Å². The van der Waals surface area contributed by atoms with Crippen LogP contribution in [0.4, 0.5) is 0 Å². The fourth-order valence-electron chi connectivity index (χ4n) is 3.62. The molecule has 5 nitrogen and oxygen atoms in total. The lowest BCUT2D eigenvalue weighted by Gasteiger charge is -2.10. The van der Waals surface area contributed by atoms with Crippen LogP contribution in [0.25, 0.3) is 33.3 Å². The van der Waals surface area contributed by atoms with Gasteiger partial charge in [-0.25, -0.2) is 0 Å².